The van der Waals surface area contributed by atoms with Crippen molar-refractivity contribution < 1.29 is 4.79 Å². The zero-order valence-electron chi connectivity index (χ0n) is 15.4. The topological polar surface area (TPSA) is 84.7 Å². The van der Waals surface area contributed by atoms with Crippen molar-refractivity contribution in [1.82, 2.24) is 25.3 Å². The Morgan fingerprint density at radius 1 is 1.26 bits per heavy atom. The molecule has 3 heterocycles. The number of thiazole rings is 1. The van der Waals surface area contributed by atoms with Crippen molar-refractivity contribution in [2.45, 2.75) is 57.9 Å². The molecule has 0 bridgehead atoms. The highest BCUT2D eigenvalue weighted by Crippen LogP contribution is 2.28. The number of carbonyl (C=O) groups is 1. The molecular formula is C18H27ClN6OS. The van der Waals surface area contributed by atoms with Crippen LogP contribution in [0.25, 0.3) is 0 Å². The second kappa shape index (κ2) is 9.61. The van der Waals surface area contributed by atoms with Crippen molar-refractivity contribution in [2.75, 3.05) is 18.4 Å². The van der Waals surface area contributed by atoms with Gasteiger partial charge >= 0.3 is 0 Å². The molecule has 1 aliphatic heterocycles. The smallest absolute Gasteiger partial charge is 0.279 e. The van der Waals surface area contributed by atoms with E-state index in [-0.39, 0.29) is 18.3 Å². The minimum absolute atomic E-state index is 0. The van der Waals surface area contributed by atoms with E-state index in [2.05, 4.69) is 25.9 Å². The average molecular weight is 411 g/mol. The van der Waals surface area contributed by atoms with Gasteiger partial charge in [-0.3, -0.25) is 14.8 Å². The Balaban J connectivity index is 0.00000210. The lowest BCUT2D eigenvalue weighted by atomic mass is 10.00. The maximum absolute atomic E-state index is 12.5. The zero-order valence-corrected chi connectivity index (χ0v) is 17.1. The van der Waals surface area contributed by atoms with Gasteiger partial charge in [0.15, 0.2) is 10.8 Å². The minimum atomic E-state index is -0.222. The first-order valence-electron chi connectivity index (χ1n) is 9.69. The molecule has 0 saturated carbocycles. The predicted molar refractivity (Wildman–Crippen MR) is 109 cm³/mol. The fourth-order valence-corrected chi connectivity index (χ4v) is 4.80. The van der Waals surface area contributed by atoms with Gasteiger partial charge in [0, 0.05) is 11.4 Å². The zero-order chi connectivity index (χ0) is 17.8. The summed E-state index contributed by atoms with van der Waals surface area (Å²) >= 11 is 1.61. The summed E-state index contributed by atoms with van der Waals surface area (Å²) in [7, 11) is 0. The van der Waals surface area contributed by atoms with E-state index in [0.717, 1.165) is 32.5 Å². The molecule has 9 heteroatoms. The van der Waals surface area contributed by atoms with Gasteiger partial charge in [-0.15, -0.1) is 28.8 Å². The van der Waals surface area contributed by atoms with Crippen LogP contribution in [0.4, 0.5) is 5.13 Å². The number of piperidine rings is 1. The molecule has 0 radical (unpaired) electrons. The number of nitrogens with one attached hydrogen (secondary N) is 2. The Morgan fingerprint density at radius 3 is 2.93 bits per heavy atom. The lowest BCUT2D eigenvalue weighted by molar-refractivity contribution is 0.102. The van der Waals surface area contributed by atoms with Crippen molar-refractivity contribution in [3.05, 3.63) is 22.5 Å². The van der Waals surface area contributed by atoms with E-state index in [1.54, 1.807) is 22.2 Å². The number of amides is 1. The first-order valence-corrected chi connectivity index (χ1v) is 10.5. The summed E-state index contributed by atoms with van der Waals surface area (Å²) in [5.41, 5.74) is 1.52. The van der Waals surface area contributed by atoms with Gasteiger partial charge in [0.05, 0.1) is 11.9 Å². The number of aryl methyl sites for hydroxylation is 2. The van der Waals surface area contributed by atoms with Crippen LogP contribution in [0.15, 0.2) is 6.20 Å². The van der Waals surface area contributed by atoms with Gasteiger partial charge in [-0.25, -0.2) is 4.98 Å². The molecular weight excluding hydrogens is 384 g/mol. The van der Waals surface area contributed by atoms with Gasteiger partial charge in [0.2, 0.25) is 0 Å². The SMILES string of the molecule is Cl.O=C(Nc1nc2c(s1)CCCCCC2)c1cn(CC2CCCNC2)nn1. The molecule has 2 aromatic heterocycles. The Labute approximate surface area is 169 Å². The first-order chi connectivity index (χ1) is 12.8. The van der Waals surface area contributed by atoms with Crippen molar-refractivity contribution in [3.63, 3.8) is 0 Å². The third-order valence-electron chi connectivity index (χ3n) is 5.18. The molecule has 1 unspecified atom stereocenters. The van der Waals surface area contributed by atoms with Crippen molar-refractivity contribution in [2.24, 2.45) is 5.92 Å². The van der Waals surface area contributed by atoms with Crippen LogP contribution in [0.1, 0.15) is 59.6 Å². The van der Waals surface area contributed by atoms with Crippen molar-refractivity contribution in [1.29, 1.82) is 0 Å². The molecule has 0 aromatic carbocycles. The molecule has 148 valence electrons. The lowest BCUT2D eigenvalue weighted by Gasteiger charge is -2.22. The lowest BCUT2D eigenvalue weighted by Crippen LogP contribution is -2.32. The highest BCUT2D eigenvalue weighted by Gasteiger charge is 2.19. The second-order valence-corrected chi connectivity index (χ2v) is 8.38. The molecule has 1 fully saturated rings. The number of carbonyl (C=O) groups excluding carboxylic acids is 1. The van der Waals surface area contributed by atoms with E-state index in [0.29, 0.717) is 16.7 Å². The first kappa shape index (κ1) is 20.2. The summed E-state index contributed by atoms with van der Waals surface area (Å²) in [6, 6.07) is 0. The van der Waals surface area contributed by atoms with Crippen LogP contribution in [0.5, 0.6) is 0 Å². The third-order valence-corrected chi connectivity index (χ3v) is 6.25. The molecule has 0 spiro atoms. The Hall–Kier alpha value is -1.51. The monoisotopic (exact) mass is 410 g/mol. The van der Waals surface area contributed by atoms with Gasteiger partial charge < -0.3 is 5.32 Å². The highest BCUT2D eigenvalue weighted by molar-refractivity contribution is 7.15. The average Bonchev–Trinajstić information content (AvgIpc) is 3.23. The molecule has 2 aliphatic rings. The van der Waals surface area contributed by atoms with Gasteiger partial charge in [-0.05, 0) is 57.5 Å². The fourth-order valence-electron chi connectivity index (χ4n) is 3.76. The Bertz CT molecular complexity index is 729. The minimum Gasteiger partial charge on any atom is -0.316 e. The maximum Gasteiger partial charge on any atom is 0.279 e. The standard InChI is InChI=1S/C18H26N6OS.ClH/c25-17(15-12-24(23-22-15)11-13-6-5-9-19-10-13)21-18-20-14-7-3-1-2-4-8-16(14)26-18;/h12-13,19H,1-11H2,(H,20,21,25);1H. The quantitative estimate of drug-likeness (QED) is 0.809. The Kier molecular flexibility index (Phi) is 7.20. The largest absolute Gasteiger partial charge is 0.316 e. The summed E-state index contributed by atoms with van der Waals surface area (Å²) in [5, 5.41) is 15.2. The molecule has 1 saturated heterocycles. The van der Waals surface area contributed by atoms with E-state index in [1.165, 1.54) is 49.1 Å². The van der Waals surface area contributed by atoms with E-state index >= 15 is 0 Å². The summed E-state index contributed by atoms with van der Waals surface area (Å²) in [5.74, 6) is 0.333. The number of hydrogen-bond acceptors (Lipinski definition) is 6. The van der Waals surface area contributed by atoms with Crippen LogP contribution in [0, 0.1) is 5.92 Å². The molecule has 4 rings (SSSR count). The summed E-state index contributed by atoms with van der Waals surface area (Å²) in [6.07, 6.45) is 11.2. The molecule has 1 amide bonds. The number of hydrogen-bond donors (Lipinski definition) is 2. The number of aromatic nitrogens is 4. The number of anilines is 1. The van der Waals surface area contributed by atoms with E-state index in [1.807, 2.05) is 0 Å². The van der Waals surface area contributed by atoms with Crippen molar-refractivity contribution >= 4 is 34.8 Å². The molecule has 1 atom stereocenters. The van der Waals surface area contributed by atoms with E-state index < -0.39 is 0 Å². The molecule has 27 heavy (non-hydrogen) atoms. The normalized spacial score (nSPS) is 20.1. The van der Waals surface area contributed by atoms with Crippen LogP contribution in [0.3, 0.4) is 0 Å². The third kappa shape index (κ3) is 5.27. The summed E-state index contributed by atoms with van der Waals surface area (Å²) in [4.78, 5) is 18.5. The van der Waals surface area contributed by atoms with E-state index in [9.17, 15) is 4.79 Å². The van der Waals surface area contributed by atoms with Crippen molar-refractivity contribution in [3.8, 4) is 0 Å². The van der Waals surface area contributed by atoms with Crippen LogP contribution >= 0.6 is 23.7 Å². The predicted octanol–water partition coefficient (Wildman–Crippen LogP) is 3.07. The number of halogens is 1. The Morgan fingerprint density at radius 2 is 2.11 bits per heavy atom. The van der Waals surface area contributed by atoms with Crippen LogP contribution in [-0.4, -0.2) is 39.0 Å². The van der Waals surface area contributed by atoms with Crippen LogP contribution < -0.4 is 10.6 Å². The highest BCUT2D eigenvalue weighted by atomic mass is 35.5. The maximum atomic E-state index is 12.5. The summed E-state index contributed by atoms with van der Waals surface area (Å²) < 4.78 is 1.79. The van der Waals surface area contributed by atoms with Gasteiger partial charge in [-0.2, -0.15) is 0 Å². The molecule has 2 aromatic rings. The second-order valence-electron chi connectivity index (χ2n) is 7.30. The number of nitrogens with zero attached hydrogens (tertiary/aromatic N) is 4. The number of rotatable bonds is 4. The summed E-state index contributed by atoms with van der Waals surface area (Å²) in [6.45, 7) is 2.91. The molecule has 2 N–H and O–H groups in total. The van der Waals surface area contributed by atoms with Crippen LogP contribution in [-0.2, 0) is 19.4 Å². The molecule has 7 nitrogen and oxygen atoms in total. The fraction of sp³-hybridized carbons (Fsp3) is 0.667. The number of fused-ring (bicyclic) bond motifs is 1. The van der Waals surface area contributed by atoms with Gasteiger partial charge in [0.25, 0.3) is 5.91 Å². The molecule has 1 aliphatic carbocycles. The van der Waals surface area contributed by atoms with E-state index in [4.69, 9.17) is 0 Å². The van der Waals surface area contributed by atoms with Gasteiger partial charge in [0.1, 0.15) is 0 Å². The van der Waals surface area contributed by atoms with Gasteiger partial charge in [-0.1, -0.05) is 18.1 Å². The van der Waals surface area contributed by atoms with Crippen LogP contribution in [0.2, 0.25) is 0 Å².